The van der Waals surface area contributed by atoms with Gasteiger partial charge in [0, 0.05) is 12.6 Å². The molecule has 19 heavy (non-hydrogen) atoms. The number of rotatable bonds is 3. The molecule has 4 unspecified atom stereocenters. The van der Waals surface area contributed by atoms with E-state index >= 15 is 0 Å². The number of nitrogens with one attached hydrogen (secondary N) is 1. The first-order valence-electron chi connectivity index (χ1n) is 7.08. The first kappa shape index (κ1) is 12.7. The Kier molecular flexibility index (Phi) is 3.35. The summed E-state index contributed by atoms with van der Waals surface area (Å²) in [5.41, 5.74) is 0. The van der Waals surface area contributed by atoms with Crippen LogP contribution in [0, 0.1) is 5.92 Å². The fourth-order valence-corrected chi connectivity index (χ4v) is 3.83. The monoisotopic (exact) mass is 268 g/mol. The highest BCUT2D eigenvalue weighted by molar-refractivity contribution is 5.74. The van der Waals surface area contributed by atoms with Crippen LogP contribution in [-0.4, -0.2) is 53.3 Å². The van der Waals surface area contributed by atoms with Gasteiger partial charge < -0.3 is 15.2 Å². The Balaban J connectivity index is 1.71. The predicted octanol–water partition coefficient (Wildman–Crippen LogP) is 0.812. The fraction of sp³-hybridized carbons (Fsp3) is 0.846. The number of hydrogen-bond acceptors (Lipinski definition) is 4. The first-order valence-corrected chi connectivity index (χ1v) is 7.08. The summed E-state index contributed by atoms with van der Waals surface area (Å²) in [6, 6.07) is -0.0541. The van der Waals surface area contributed by atoms with Crippen molar-refractivity contribution in [1.29, 1.82) is 0 Å². The highest BCUT2D eigenvalue weighted by Gasteiger charge is 2.46. The Bertz CT molecular complexity index is 387. The van der Waals surface area contributed by atoms with Crippen LogP contribution < -0.4 is 5.32 Å². The van der Waals surface area contributed by atoms with Crippen LogP contribution in [0.25, 0.3) is 0 Å². The third-order valence-corrected chi connectivity index (χ3v) is 4.67. The van der Waals surface area contributed by atoms with Crippen LogP contribution >= 0.6 is 0 Å². The summed E-state index contributed by atoms with van der Waals surface area (Å²) in [6.45, 7) is 1.02. The van der Waals surface area contributed by atoms with E-state index < -0.39 is 18.1 Å². The van der Waals surface area contributed by atoms with Gasteiger partial charge in [0.15, 0.2) is 0 Å². The van der Waals surface area contributed by atoms with Gasteiger partial charge in [-0.05, 0) is 25.2 Å². The van der Waals surface area contributed by atoms with Crippen LogP contribution in [0.3, 0.4) is 0 Å². The molecule has 2 saturated heterocycles. The highest BCUT2D eigenvalue weighted by Crippen LogP contribution is 2.39. The number of amides is 1. The number of carbonyl (C=O) groups excluding carboxylic acids is 1. The maximum Gasteiger partial charge on any atom is 0.407 e. The van der Waals surface area contributed by atoms with Gasteiger partial charge in [-0.15, -0.1) is 0 Å². The SMILES string of the molecule is O=C1NCC(CN2C(C(=O)O)CC3CCCCC32)O1. The zero-order chi connectivity index (χ0) is 13.4. The topological polar surface area (TPSA) is 78.9 Å². The number of carboxylic acids is 1. The van der Waals surface area contributed by atoms with E-state index in [2.05, 4.69) is 10.2 Å². The molecule has 0 aromatic carbocycles. The molecule has 3 rings (SSSR count). The largest absolute Gasteiger partial charge is 0.480 e. The molecule has 6 heteroatoms. The fourth-order valence-electron chi connectivity index (χ4n) is 3.83. The number of alkyl carbamates (subject to hydrolysis) is 1. The minimum atomic E-state index is -0.744. The van der Waals surface area contributed by atoms with Crippen LogP contribution in [-0.2, 0) is 9.53 Å². The molecule has 0 radical (unpaired) electrons. The van der Waals surface area contributed by atoms with E-state index in [1.54, 1.807) is 0 Å². The summed E-state index contributed by atoms with van der Waals surface area (Å²) in [4.78, 5) is 24.6. The molecule has 1 aliphatic carbocycles. The lowest BCUT2D eigenvalue weighted by Crippen LogP contribution is -2.46. The van der Waals surface area contributed by atoms with Gasteiger partial charge in [-0.2, -0.15) is 0 Å². The molecule has 0 aromatic heterocycles. The number of likely N-dealkylation sites (tertiary alicyclic amines) is 1. The van der Waals surface area contributed by atoms with Crippen LogP contribution in [0.15, 0.2) is 0 Å². The molecule has 3 aliphatic rings. The number of hydrogen-bond donors (Lipinski definition) is 2. The Hall–Kier alpha value is -1.30. The van der Waals surface area contributed by atoms with Crippen molar-refractivity contribution in [3.8, 4) is 0 Å². The number of ether oxygens (including phenoxy) is 1. The summed E-state index contributed by atoms with van der Waals surface area (Å²) >= 11 is 0. The predicted molar refractivity (Wildman–Crippen MR) is 66.8 cm³/mol. The molecule has 6 nitrogen and oxygen atoms in total. The Morgan fingerprint density at radius 3 is 2.89 bits per heavy atom. The third kappa shape index (κ3) is 2.41. The second kappa shape index (κ2) is 5.00. The van der Waals surface area contributed by atoms with Crippen molar-refractivity contribution in [3.05, 3.63) is 0 Å². The first-order chi connectivity index (χ1) is 9.15. The van der Waals surface area contributed by atoms with Crippen molar-refractivity contribution < 1.29 is 19.4 Å². The minimum Gasteiger partial charge on any atom is -0.480 e. The minimum absolute atomic E-state index is 0.213. The van der Waals surface area contributed by atoms with Crippen molar-refractivity contribution >= 4 is 12.1 Å². The van der Waals surface area contributed by atoms with E-state index in [0.717, 1.165) is 19.3 Å². The van der Waals surface area contributed by atoms with Gasteiger partial charge in [-0.1, -0.05) is 12.8 Å². The standard InChI is InChI=1S/C13H20N2O4/c16-12(17)11-5-8-3-1-2-4-10(8)15(11)7-9-6-14-13(18)19-9/h8-11H,1-7H2,(H,14,18)(H,16,17). The van der Waals surface area contributed by atoms with Gasteiger partial charge >= 0.3 is 12.1 Å². The van der Waals surface area contributed by atoms with Gasteiger partial charge in [0.1, 0.15) is 12.1 Å². The van der Waals surface area contributed by atoms with E-state index in [1.807, 2.05) is 0 Å². The molecule has 2 aliphatic heterocycles. The Morgan fingerprint density at radius 1 is 1.42 bits per heavy atom. The number of nitrogens with zero attached hydrogens (tertiary/aromatic N) is 1. The Morgan fingerprint density at radius 2 is 2.21 bits per heavy atom. The smallest absolute Gasteiger partial charge is 0.407 e. The molecular weight excluding hydrogens is 248 g/mol. The Labute approximate surface area is 112 Å². The summed E-state index contributed by atoms with van der Waals surface area (Å²) in [5.74, 6) is -0.244. The summed E-state index contributed by atoms with van der Waals surface area (Å²) in [5, 5.41) is 12.0. The number of carboxylic acid groups (broad SMARTS) is 1. The van der Waals surface area contributed by atoms with Crippen molar-refractivity contribution in [2.75, 3.05) is 13.1 Å². The van der Waals surface area contributed by atoms with Gasteiger partial charge in [0.2, 0.25) is 0 Å². The molecule has 1 saturated carbocycles. The molecular formula is C13H20N2O4. The van der Waals surface area contributed by atoms with Gasteiger partial charge in [0.05, 0.1) is 6.54 Å². The van der Waals surface area contributed by atoms with Gasteiger partial charge in [-0.3, -0.25) is 9.69 Å². The number of carbonyl (C=O) groups is 2. The number of cyclic esters (lactones) is 1. The summed E-state index contributed by atoms with van der Waals surface area (Å²) < 4.78 is 5.15. The zero-order valence-electron chi connectivity index (χ0n) is 10.9. The lowest BCUT2D eigenvalue weighted by Gasteiger charge is -2.33. The lowest BCUT2D eigenvalue weighted by molar-refractivity contribution is -0.143. The molecule has 0 bridgehead atoms. The molecule has 4 atom stereocenters. The normalized spacial score (nSPS) is 38.6. The molecule has 0 spiro atoms. The number of aliphatic carboxylic acids is 1. The quantitative estimate of drug-likeness (QED) is 0.792. The highest BCUT2D eigenvalue weighted by atomic mass is 16.6. The van der Waals surface area contributed by atoms with Crippen LogP contribution in [0.2, 0.25) is 0 Å². The average molecular weight is 268 g/mol. The van der Waals surface area contributed by atoms with E-state index in [9.17, 15) is 14.7 Å². The average Bonchev–Trinajstić information content (AvgIpc) is 2.95. The van der Waals surface area contributed by atoms with E-state index in [-0.39, 0.29) is 6.10 Å². The molecule has 3 fully saturated rings. The lowest BCUT2D eigenvalue weighted by atomic mass is 9.84. The van der Waals surface area contributed by atoms with Crippen LogP contribution in [0.1, 0.15) is 32.1 Å². The molecule has 0 aromatic rings. The maximum absolute atomic E-state index is 11.4. The number of fused-ring (bicyclic) bond motifs is 1. The zero-order valence-corrected chi connectivity index (χ0v) is 10.9. The third-order valence-electron chi connectivity index (χ3n) is 4.67. The second-order valence-corrected chi connectivity index (χ2v) is 5.81. The van der Waals surface area contributed by atoms with Gasteiger partial charge in [0.25, 0.3) is 0 Å². The van der Waals surface area contributed by atoms with Gasteiger partial charge in [-0.25, -0.2) is 4.79 Å². The molecule has 106 valence electrons. The molecule has 2 heterocycles. The van der Waals surface area contributed by atoms with Crippen molar-refractivity contribution in [2.45, 2.75) is 50.3 Å². The van der Waals surface area contributed by atoms with E-state index in [0.29, 0.717) is 25.0 Å². The van der Waals surface area contributed by atoms with Crippen LogP contribution in [0.4, 0.5) is 4.79 Å². The maximum atomic E-state index is 11.4. The molecule has 2 N–H and O–H groups in total. The van der Waals surface area contributed by atoms with Crippen molar-refractivity contribution in [2.24, 2.45) is 5.92 Å². The van der Waals surface area contributed by atoms with Crippen molar-refractivity contribution in [1.82, 2.24) is 10.2 Å². The molecule has 1 amide bonds. The second-order valence-electron chi connectivity index (χ2n) is 5.81. The van der Waals surface area contributed by atoms with E-state index in [4.69, 9.17) is 4.74 Å². The summed E-state index contributed by atoms with van der Waals surface area (Å²) in [7, 11) is 0. The summed E-state index contributed by atoms with van der Waals surface area (Å²) in [6.07, 6.45) is 4.73. The van der Waals surface area contributed by atoms with Crippen LogP contribution in [0.5, 0.6) is 0 Å². The van der Waals surface area contributed by atoms with Crippen molar-refractivity contribution in [3.63, 3.8) is 0 Å². The van der Waals surface area contributed by atoms with E-state index in [1.165, 1.54) is 12.8 Å².